The number of ether oxygens (including phenoxy) is 2. The molecule has 164 valence electrons. The predicted molar refractivity (Wildman–Crippen MR) is 125 cm³/mol. The Hall–Kier alpha value is -2.64. The quantitative estimate of drug-likeness (QED) is 0.522. The van der Waals surface area contributed by atoms with E-state index >= 15 is 0 Å². The van der Waals surface area contributed by atoms with E-state index in [2.05, 4.69) is 37.8 Å². The average Bonchev–Trinajstić information content (AvgIpc) is 3.24. The van der Waals surface area contributed by atoms with Gasteiger partial charge in [0.05, 0.1) is 10.2 Å². The molecule has 0 saturated carbocycles. The number of amides is 1. The highest BCUT2D eigenvalue weighted by atomic mass is 32.1. The number of thiazole rings is 1. The van der Waals surface area contributed by atoms with E-state index in [1.165, 1.54) is 5.56 Å². The number of rotatable bonds is 8. The number of anilines is 1. The molecule has 1 aliphatic heterocycles. The summed E-state index contributed by atoms with van der Waals surface area (Å²) in [5.41, 5.74) is 2.19. The zero-order chi connectivity index (χ0) is 21.8. The molecule has 0 spiro atoms. The summed E-state index contributed by atoms with van der Waals surface area (Å²) in [6.45, 7) is 9.82. The smallest absolute Gasteiger partial charge is 0.273 e. The molecule has 0 fully saturated rings. The second kappa shape index (κ2) is 9.66. The summed E-state index contributed by atoms with van der Waals surface area (Å²) in [6, 6.07) is 13.8. The molecule has 1 atom stereocenters. The van der Waals surface area contributed by atoms with Crippen LogP contribution in [0.5, 0.6) is 11.5 Å². The zero-order valence-electron chi connectivity index (χ0n) is 18.3. The lowest BCUT2D eigenvalue weighted by Gasteiger charge is -2.30. The van der Waals surface area contributed by atoms with Gasteiger partial charge in [-0.25, -0.2) is 4.98 Å². The van der Waals surface area contributed by atoms with Gasteiger partial charge in [-0.3, -0.25) is 9.69 Å². The van der Waals surface area contributed by atoms with E-state index in [4.69, 9.17) is 14.5 Å². The van der Waals surface area contributed by atoms with E-state index in [9.17, 15) is 4.79 Å². The number of carbonyl (C=O) groups excluding carboxylic acids is 1. The highest BCUT2D eigenvalue weighted by Crippen LogP contribution is 2.33. The highest BCUT2D eigenvalue weighted by Gasteiger charge is 2.33. The van der Waals surface area contributed by atoms with Crippen LogP contribution in [0.4, 0.5) is 5.13 Å². The van der Waals surface area contributed by atoms with Gasteiger partial charge in [-0.2, -0.15) is 0 Å². The van der Waals surface area contributed by atoms with Gasteiger partial charge in [0.1, 0.15) is 6.61 Å². The number of hydrogen-bond donors (Lipinski definition) is 0. The fourth-order valence-electron chi connectivity index (χ4n) is 3.69. The van der Waals surface area contributed by atoms with Crippen LogP contribution in [0.2, 0.25) is 0 Å². The first kappa shape index (κ1) is 21.6. The maximum Gasteiger partial charge on any atom is 0.273 e. The van der Waals surface area contributed by atoms with Crippen molar-refractivity contribution in [1.29, 1.82) is 0 Å². The maximum atomic E-state index is 13.6. The third-order valence-electron chi connectivity index (χ3n) is 5.67. The van der Waals surface area contributed by atoms with Crippen LogP contribution in [0, 0.1) is 0 Å². The summed E-state index contributed by atoms with van der Waals surface area (Å²) in [5, 5.41) is 0.711. The van der Waals surface area contributed by atoms with Crippen molar-refractivity contribution in [1.82, 2.24) is 9.88 Å². The molecule has 0 bridgehead atoms. The molecule has 7 heteroatoms. The Labute approximate surface area is 187 Å². The standard InChI is InChI=1S/C24H29N3O3S/c1-4-17-11-12-18-22(15-17)31-24(25-18)27(14-13-26(5-2)6-3)23(28)21-16-29-19-9-7-8-10-20(19)30-21/h7-12,15,21H,4-6,13-14,16H2,1-3H3. The van der Waals surface area contributed by atoms with Gasteiger partial charge in [0.25, 0.3) is 5.91 Å². The van der Waals surface area contributed by atoms with Crippen molar-refractivity contribution in [3.63, 3.8) is 0 Å². The maximum absolute atomic E-state index is 13.6. The van der Waals surface area contributed by atoms with Gasteiger partial charge in [-0.15, -0.1) is 0 Å². The monoisotopic (exact) mass is 439 g/mol. The van der Waals surface area contributed by atoms with Gasteiger partial charge < -0.3 is 14.4 Å². The molecular formula is C24H29N3O3S. The normalized spacial score (nSPS) is 15.4. The molecule has 1 aromatic heterocycles. The molecule has 31 heavy (non-hydrogen) atoms. The first-order chi connectivity index (χ1) is 15.1. The topological polar surface area (TPSA) is 54.9 Å². The minimum Gasteiger partial charge on any atom is -0.485 e. The molecular weight excluding hydrogens is 410 g/mol. The number of aromatic nitrogens is 1. The Balaban J connectivity index is 1.61. The predicted octanol–water partition coefficient (Wildman–Crippen LogP) is 4.37. The van der Waals surface area contributed by atoms with E-state index in [1.807, 2.05) is 30.3 Å². The number of likely N-dealkylation sites (N-methyl/N-ethyl adjacent to an activating group) is 1. The number of aryl methyl sites for hydroxylation is 1. The number of nitrogens with zero attached hydrogens (tertiary/aromatic N) is 3. The summed E-state index contributed by atoms with van der Waals surface area (Å²) < 4.78 is 12.9. The summed E-state index contributed by atoms with van der Waals surface area (Å²) in [7, 11) is 0. The fraction of sp³-hybridized carbons (Fsp3) is 0.417. The van der Waals surface area contributed by atoms with Crippen molar-refractivity contribution in [2.75, 3.05) is 37.7 Å². The van der Waals surface area contributed by atoms with E-state index < -0.39 is 6.10 Å². The van der Waals surface area contributed by atoms with Crippen molar-refractivity contribution in [2.45, 2.75) is 33.3 Å². The average molecular weight is 440 g/mol. The highest BCUT2D eigenvalue weighted by molar-refractivity contribution is 7.22. The molecule has 1 aliphatic rings. The Morgan fingerprint density at radius 1 is 1.10 bits per heavy atom. The Morgan fingerprint density at radius 2 is 1.87 bits per heavy atom. The van der Waals surface area contributed by atoms with E-state index in [0.29, 0.717) is 23.2 Å². The molecule has 2 heterocycles. The van der Waals surface area contributed by atoms with Gasteiger partial charge in [-0.1, -0.05) is 50.3 Å². The summed E-state index contributed by atoms with van der Waals surface area (Å²) >= 11 is 1.56. The van der Waals surface area contributed by atoms with Crippen molar-refractivity contribution >= 4 is 32.6 Å². The molecule has 0 aliphatic carbocycles. The summed E-state index contributed by atoms with van der Waals surface area (Å²) in [6.07, 6.45) is 0.283. The van der Waals surface area contributed by atoms with Gasteiger partial charge in [0, 0.05) is 13.1 Å². The minimum absolute atomic E-state index is 0.114. The summed E-state index contributed by atoms with van der Waals surface area (Å²) in [4.78, 5) is 22.4. The second-order valence-electron chi connectivity index (χ2n) is 7.53. The van der Waals surface area contributed by atoms with Gasteiger partial charge in [-0.05, 0) is 49.3 Å². The molecule has 6 nitrogen and oxygen atoms in total. The molecule has 0 radical (unpaired) electrons. The number of benzene rings is 2. The lowest BCUT2D eigenvalue weighted by atomic mass is 10.2. The van der Waals surface area contributed by atoms with Gasteiger partial charge in [0.15, 0.2) is 16.6 Å². The van der Waals surface area contributed by atoms with E-state index in [0.717, 1.165) is 36.3 Å². The van der Waals surface area contributed by atoms with Crippen LogP contribution in [-0.2, 0) is 11.2 Å². The largest absolute Gasteiger partial charge is 0.485 e. The van der Waals surface area contributed by atoms with Crippen LogP contribution in [0.15, 0.2) is 42.5 Å². The van der Waals surface area contributed by atoms with Crippen molar-refractivity contribution in [3.05, 3.63) is 48.0 Å². The minimum atomic E-state index is -0.690. The number of hydrogen-bond acceptors (Lipinski definition) is 6. The van der Waals surface area contributed by atoms with E-state index in [-0.39, 0.29) is 12.5 Å². The molecule has 0 saturated heterocycles. The fourth-order valence-corrected chi connectivity index (χ4v) is 4.75. The second-order valence-corrected chi connectivity index (χ2v) is 8.54. The zero-order valence-corrected chi connectivity index (χ0v) is 19.2. The first-order valence-corrected chi connectivity index (χ1v) is 11.8. The first-order valence-electron chi connectivity index (χ1n) is 10.9. The van der Waals surface area contributed by atoms with E-state index in [1.54, 1.807) is 16.2 Å². The molecule has 1 unspecified atom stereocenters. The molecule has 4 rings (SSSR count). The van der Waals surface area contributed by atoms with Crippen molar-refractivity contribution in [2.24, 2.45) is 0 Å². The Kier molecular flexibility index (Phi) is 6.73. The van der Waals surface area contributed by atoms with Crippen LogP contribution in [0.25, 0.3) is 10.2 Å². The molecule has 1 amide bonds. The number of carbonyl (C=O) groups is 1. The van der Waals surface area contributed by atoms with Crippen LogP contribution in [0.3, 0.4) is 0 Å². The van der Waals surface area contributed by atoms with Gasteiger partial charge in [0.2, 0.25) is 6.10 Å². The molecule has 3 aromatic rings. The lowest BCUT2D eigenvalue weighted by Crippen LogP contribution is -2.48. The Bertz CT molecular complexity index is 1050. The van der Waals surface area contributed by atoms with Crippen molar-refractivity contribution < 1.29 is 14.3 Å². The van der Waals surface area contributed by atoms with Crippen LogP contribution in [0.1, 0.15) is 26.3 Å². The van der Waals surface area contributed by atoms with Gasteiger partial charge >= 0.3 is 0 Å². The molecule has 2 aromatic carbocycles. The SMILES string of the molecule is CCc1ccc2nc(N(CCN(CC)CC)C(=O)C3COc4ccccc4O3)sc2c1. The van der Waals surface area contributed by atoms with Crippen LogP contribution in [-0.4, -0.2) is 54.7 Å². The third-order valence-corrected chi connectivity index (χ3v) is 6.71. The number of fused-ring (bicyclic) bond motifs is 2. The lowest BCUT2D eigenvalue weighted by molar-refractivity contribution is -0.127. The van der Waals surface area contributed by atoms with Crippen LogP contribution >= 0.6 is 11.3 Å². The Morgan fingerprint density at radius 3 is 2.61 bits per heavy atom. The number of para-hydroxylation sites is 2. The molecule has 0 N–H and O–H groups in total. The summed E-state index contributed by atoms with van der Waals surface area (Å²) in [5.74, 6) is 1.16. The van der Waals surface area contributed by atoms with Crippen molar-refractivity contribution in [3.8, 4) is 11.5 Å². The van der Waals surface area contributed by atoms with Crippen LogP contribution < -0.4 is 14.4 Å². The third kappa shape index (κ3) is 4.67.